The predicted molar refractivity (Wildman–Crippen MR) is 86.5 cm³/mol. The lowest BCUT2D eigenvalue weighted by Gasteiger charge is -2.27. The van der Waals surface area contributed by atoms with E-state index in [9.17, 15) is 0 Å². The van der Waals surface area contributed by atoms with Crippen LogP contribution in [-0.4, -0.2) is 41.6 Å². The van der Waals surface area contributed by atoms with Crippen LogP contribution in [0.5, 0.6) is 0 Å². The quantitative estimate of drug-likeness (QED) is 0.832. The van der Waals surface area contributed by atoms with E-state index in [4.69, 9.17) is 0 Å². The molecule has 1 N–H and O–H groups in total. The van der Waals surface area contributed by atoms with Crippen molar-refractivity contribution in [3.05, 3.63) is 11.4 Å². The molecule has 1 atom stereocenters. The smallest absolute Gasteiger partial charge is 0.137 e. The van der Waals surface area contributed by atoms with Crippen LogP contribution in [0.2, 0.25) is 0 Å². The molecule has 108 valence electrons. The third-order valence-electron chi connectivity index (χ3n) is 3.18. The van der Waals surface area contributed by atoms with Gasteiger partial charge in [0.25, 0.3) is 0 Å². The van der Waals surface area contributed by atoms with Gasteiger partial charge in [-0.3, -0.25) is 0 Å². The predicted octanol–water partition coefficient (Wildman–Crippen LogP) is 3.10. The van der Waals surface area contributed by atoms with E-state index in [1.54, 1.807) is 0 Å². The summed E-state index contributed by atoms with van der Waals surface area (Å²) in [4.78, 5) is 11.4. The molecule has 0 aromatic carbocycles. The molecule has 0 bridgehead atoms. The summed E-state index contributed by atoms with van der Waals surface area (Å²) in [5, 5.41) is 3.39. The molecular formula is C14H26N4S. The van der Waals surface area contributed by atoms with Crippen LogP contribution in [-0.2, 0) is 0 Å². The summed E-state index contributed by atoms with van der Waals surface area (Å²) in [6.07, 6.45) is 3.23. The fourth-order valence-corrected chi connectivity index (χ4v) is 2.64. The number of thioether (sulfide) groups is 1. The molecule has 1 aromatic rings. The van der Waals surface area contributed by atoms with Gasteiger partial charge in [-0.05, 0) is 33.4 Å². The van der Waals surface area contributed by atoms with Crippen molar-refractivity contribution in [3.8, 4) is 0 Å². The number of nitrogens with zero attached hydrogens (tertiary/aromatic N) is 3. The Morgan fingerprint density at radius 1 is 1.32 bits per heavy atom. The van der Waals surface area contributed by atoms with Gasteiger partial charge in [0.1, 0.15) is 17.5 Å². The van der Waals surface area contributed by atoms with Crippen molar-refractivity contribution >= 4 is 23.4 Å². The van der Waals surface area contributed by atoms with Gasteiger partial charge in [-0.2, -0.15) is 11.8 Å². The van der Waals surface area contributed by atoms with Crippen molar-refractivity contribution in [2.75, 3.05) is 35.8 Å². The van der Waals surface area contributed by atoms with Gasteiger partial charge in [0, 0.05) is 31.0 Å². The van der Waals surface area contributed by atoms with Crippen molar-refractivity contribution in [2.24, 2.45) is 0 Å². The topological polar surface area (TPSA) is 41.1 Å². The molecule has 1 heterocycles. The molecule has 19 heavy (non-hydrogen) atoms. The van der Waals surface area contributed by atoms with Gasteiger partial charge in [-0.25, -0.2) is 9.97 Å². The Morgan fingerprint density at radius 2 is 2.00 bits per heavy atom. The molecule has 0 saturated heterocycles. The highest BCUT2D eigenvalue weighted by atomic mass is 32.2. The standard InChI is InChI=1S/C14H26N4S/c1-7-8-15-13-11(3)14(17-12(4)16-13)18(5)10(2)9-19-6/h10H,7-9H2,1-6H3,(H,15,16,17). The zero-order valence-corrected chi connectivity index (χ0v) is 13.8. The number of aromatic nitrogens is 2. The Labute approximate surface area is 121 Å². The van der Waals surface area contributed by atoms with E-state index in [-0.39, 0.29) is 0 Å². The van der Waals surface area contributed by atoms with Crippen molar-refractivity contribution in [1.29, 1.82) is 0 Å². The molecule has 0 amide bonds. The van der Waals surface area contributed by atoms with Gasteiger partial charge < -0.3 is 10.2 Å². The van der Waals surface area contributed by atoms with Gasteiger partial charge in [-0.15, -0.1) is 0 Å². The molecule has 0 spiro atoms. The number of hydrogen-bond acceptors (Lipinski definition) is 5. The highest BCUT2D eigenvalue weighted by Gasteiger charge is 2.16. The van der Waals surface area contributed by atoms with E-state index in [1.165, 1.54) is 0 Å². The fourth-order valence-electron chi connectivity index (χ4n) is 1.93. The monoisotopic (exact) mass is 282 g/mol. The summed E-state index contributed by atoms with van der Waals surface area (Å²) in [5.41, 5.74) is 1.13. The lowest BCUT2D eigenvalue weighted by molar-refractivity contribution is 0.744. The van der Waals surface area contributed by atoms with Gasteiger partial charge in [-0.1, -0.05) is 6.92 Å². The van der Waals surface area contributed by atoms with Crippen LogP contribution in [0, 0.1) is 13.8 Å². The lowest BCUT2D eigenvalue weighted by atomic mass is 10.2. The second-order valence-electron chi connectivity index (χ2n) is 4.91. The number of nitrogens with one attached hydrogen (secondary N) is 1. The van der Waals surface area contributed by atoms with Crippen LogP contribution in [0.15, 0.2) is 0 Å². The summed E-state index contributed by atoms with van der Waals surface area (Å²) in [6, 6.07) is 0.460. The highest BCUT2D eigenvalue weighted by molar-refractivity contribution is 7.98. The normalized spacial score (nSPS) is 12.3. The minimum atomic E-state index is 0.460. The van der Waals surface area contributed by atoms with E-state index in [0.717, 1.165) is 41.7 Å². The summed E-state index contributed by atoms with van der Waals surface area (Å²) in [6.45, 7) is 9.37. The first-order valence-corrected chi connectivity index (χ1v) is 8.21. The first-order valence-electron chi connectivity index (χ1n) is 6.82. The first kappa shape index (κ1) is 16.1. The Morgan fingerprint density at radius 3 is 2.58 bits per heavy atom. The van der Waals surface area contributed by atoms with Crippen LogP contribution >= 0.6 is 11.8 Å². The van der Waals surface area contributed by atoms with Crippen LogP contribution in [0.4, 0.5) is 11.6 Å². The highest BCUT2D eigenvalue weighted by Crippen LogP contribution is 2.24. The van der Waals surface area contributed by atoms with E-state index in [1.807, 2.05) is 18.7 Å². The second-order valence-corrected chi connectivity index (χ2v) is 5.82. The SMILES string of the molecule is CCCNc1nc(C)nc(N(C)C(C)CSC)c1C. The minimum absolute atomic E-state index is 0.460. The minimum Gasteiger partial charge on any atom is -0.370 e. The summed E-state index contributed by atoms with van der Waals surface area (Å²) in [7, 11) is 2.11. The molecule has 1 unspecified atom stereocenters. The Balaban J connectivity index is 3.02. The van der Waals surface area contributed by atoms with Crippen LogP contribution in [0.3, 0.4) is 0 Å². The van der Waals surface area contributed by atoms with Crippen LogP contribution in [0.1, 0.15) is 31.7 Å². The maximum Gasteiger partial charge on any atom is 0.137 e. The number of hydrogen-bond donors (Lipinski definition) is 1. The van der Waals surface area contributed by atoms with E-state index in [2.05, 4.69) is 54.3 Å². The average Bonchev–Trinajstić information content (AvgIpc) is 2.38. The molecule has 1 rings (SSSR count). The summed E-state index contributed by atoms with van der Waals surface area (Å²) in [5.74, 6) is 3.92. The lowest BCUT2D eigenvalue weighted by Crippen LogP contribution is -2.32. The molecule has 0 saturated carbocycles. The largest absolute Gasteiger partial charge is 0.370 e. The number of rotatable bonds is 7. The van der Waals surface area contributed by atoms with Gasteiger partial charge in [0.05, 0.1) is 0 Å². The molecule has 0 aliphatic carbocycles. The van der Waals surface area contributed by atoms with Gasteiger partial charge in [0.2, 0.25) is 0 Å². The van der Waals surface area contributed by atoms with Crippen molar-refractivity contribution in [3.63, 3.8) is 0 Å². The molecular weight excluding hydrogens is 256 g/mol. The molecule has 5 heteroatoms. The van der Waals surface area contributed by atoms with Crippen molar-refractivity contribution < 1.29 is 0 Å². The van der Waals surface area contributed by atoms with Gasteiger partial charge >= 0.3 is 0 Å². The molecule has 0 fully saturated rings. The van der Waals surface area contributed by atoms with Crippen LogP contribution < -0.4 is 10.2 Å². The average molecular weight is 282 g/mol. The summed E-state index contributed by atoms with van der Waals surface area (Å²) < 4.78 is 0. The summed E-state index contributed by atoms with van der Waals surface area (Å²) >= 11 is 1.86. The molecule has 4 nitrogen and oxygen atoms in total. The molecule has 0 aliphatic heterocycles. The molecule has 0 radical (unpaired) electrons. The van der Waals surface area contributed by atoms with E-state index in [0.29, 0.717) is 6.04 Å². The fraction of sp³-hybridized carbons (Fsp3) is 0.714. The number of anilines is 2. The zero-order valence-electron chi connectivity index (χ0n) is 12.9. The second kappa shape index (κ2) is 7.58. The maximum absolute atomic E-state index is 4.61. The third kappa shape index (κ3) is 4.27. The van der Waals surface area contributed by atoms with Crippen LogP contribution in [0.25, 0.3) is 0 Å². The Kier molecular flexibility index (Phi) is 6.42. The van der Waals surface area contributed by atoms with E-state index < -0.39 is 0 Å². The first-order chi connectivity index (χ1) is 9.01. The maximum atomic E-state index is 4.61. The zero-order chi connectivity index (χ0) is 14.4. The Bertz CT molecular complexity index is 409. The Hall–Kier alpha value is -0.970. The number of aryl methyl sites for hydroxylation is 1. The van der Waals surface area contributed by atoms with E-state index >= 15 is 0 Å². The molecule has 0 aliphatic rings. The van der Waals surface area contributed by atoms with Gasteiger partial charge in [0.15, 0.2) is 0 Å². The molecule has 1 aromatic heterocycles. The third-order valence-corrected chi connectivity index (χ3v) is 3.99. The van der Waals surface area contributed by atoms with Crippen molar-refractivity contribution in [1.82, 2.24) is 9.97 Å². The van der Waals surface area contributed by atoms with Crippen molar-refractivity contribution in [2.45, 2.75) is 40.2 Å².